The monoisotopic (exact) mass is 142 g/mol. The van der Waals surface area contributed by atoms with E-state index >= 15 is 0 Å². The molecule has 0 heterocycles. The lowest BCUT2D eigenvalue weighted by Gasteiger charge is -2.22. The van der Waals surface area contributed by atoms with E-state index in [1.165, 1.54) is 6.42 Å². The van der Waals surface area contributed by atoms with Crippen molar-refractivity contribution in [3.63, 3.8) is 0 Å². The summed E-state index contributed by atoms with van der Waals surface area (Å²) in [5, 5.41) is 0. The first-order chi connectivity index (χ1) is 4.79. The molecule has 0 aromatic heterocycles. The average molecular weight is 142 g/mol. The van der Waals surface area contributed by atoms with E-state index in [0.717, 1.165) is 18.4 Å². The van der Waals surface area contributed by atoms with Crippen molar-refractivity contribution < 1.29 is 9.78 Å². The number of rotatable bonds is 3. The molecule has 1 saturated carbocycles. The lowest BCUT2D eigenvalue weighted by Crippen LogP contribution is -2.20. The molecule has 1 aliphatic carbocycles. The van der Waals surface area contributed by atoms with Crippen LogP contribution in [-0.2, 0) is 9.78 Å². The fourth-order valence-corrected chi connectivity index (χ4v) is 0.670. The lowest BCUT2D eigenvalue weighted by molar-refractivity contribution is -0.298. The molecule has 1 rings (SSSR count). The topological polar surface area (TPSA) is 18.5 Å². The zero-order valence-corrected chi connectivity index (χ0v) is 6.59. The van der Waals surface area contributed by atoms with Gasteiger partial charge in [-0.25, -0.2) is 0 Å². The number of hydrogen-bond acceptors (Lipinski definition) is 2. The third-order valence-electron chi connectivity index (χ3n) is 1.53. The molecule has 0 amide bonds. The van der Waals surface area contributed by atoms with E-state index in [2.05, 4.69) is 0 Å². The quantitative estimate of drug-likeness (QED) is 0.342. The van der Waals surface area contributed by atoms with Crippen molar-refractivity contribution in [2.75, 3.05) is 0 Å². The van der Waals surface area contributed by atoms with Crippen LogP contribution in [0.3, 0.4) is 0 Å². The maximum absolute atomic E-state index is 5.01. The fraction of sp³-hybridized carbons (Fsp3) is 0.750. The molecule has 0 saturated heterocycles. The predicted octanol–water partition coefficient (Wildman–Crippen LogP) is 2.41. The lowest BCUT2D eigenvalue weighted by atomic mass is 9.97. The Kier molecular flexibility index (Phi) is 2.75. The van der Waals surface area contributed by atoms with Gasteiger partial charge in [-0.05, 0) is 38.7 Å². The van der Waals surface area contributed by atoms with Crippen LogP contribution in [0.2, 0.25) is 0 Å². The van der Waals surface area contributed by atoms with Crippen LogP contribution < -0.4 is 0 Å². The second-order valence-electron chi connectivity index (χ2n) is 2.94. The van der Waals surface area contributed by atoms with E-state index in [9.17, 15) is 0 Å². The Hall–Kier alpha value is -0.500. The van der Waals surface area contributed by atoms with Gasteiger partial charge >= 0.3 is 0 Å². The van der Waals surface area contributed by atoms with Crippen molar-refractivity contribution in [2.45, 2.75) is 39.2 Å². The Balaban J connectivity index is 1.99. The van der Waals surface area contributed by atoms with Crippen LogP contribution in [-0.4, -0.2) is 6.10 Å². The maximum atomic E-state index is 5.01. The Morgan fingerprint density at radius 2 is 2.10 bits per heavy atom. The highest BCUT2D eigenvalue weighted by molar-refractivity contribution is 4.85. The molecule has 0 radical (unpaired) electrons. The molecule has 1 fully saturated rings. The zero-order valence-electron chi connectivity index (χ0n) is 6.59. The van der Waals surface area contributed by atoms with E-state index < -0.39 is 0 Å². The van der Waals surface area contributed by atoms with Gasteiger partial charge in [0.15, 0.2) is 0 Å². The Morgan fingerprint density at radius 1 is 1.40 bits per heavy atom. The summed E-state index contributed by atoms with van der Waals surface area (Å²) in [5.74, 6) is 0. The van der Waals surface area contributed by atoms with Gasteiger partial charge in [-0.15, -0.1) is 0 Å². The second-order valence-corrected chi connectivity index (χ2v) is 2.94. The van der Waals surface area contributed by atoms with Gasteiger partial charge in [-0.2, -0.15) is 4.89 Å². The average Bonchev–Trinajstić information content (AvgIpc) is 1.75. The molecular formula is C8H14O2. The van der Waals surface area contributed by atoms with Crippen molar-refractivity contribution in [2.24, 2.45) is 0 Å². The van der Waals surface area contributed by atoms with E-state index in [0.29, 0.717) is 6.10 Å². The summed E-state index contributed by atoms with van der Waals surface area (Å²) < 4.78 is 0. The minimum atomic E-state index is 0.357. The summed E-state index contributed by atoms with van der Waals surface area (Å²) in [6.45, 7) is 3.95. The standard InChI is InChI=1S/C8H14O2/c1-7(2)6-9-10-8-4-3-5-8/h6,8H,3-5H2,1-2H3. The normalized spacial score (nSPS) is 17.8. The fourth-order valence-electron chi connectivity index (χ4n) is 0.670. The van der Waals surface area contributed by atoms with Gasteiger partial charge in [0.05, 0.1) is 0 Å². The van der Waals surface area contributed by atoms with Crippen LogP contribution in [0.1, 0.15) is 33.1 Å². The van der Waals surface area contributed by atoms with Crippen LogP contribution in [0.25, 0.3) is 0 Å². The van der Waals surface area contributed by atoms with Crippen LogP contribution in [0.4, 0.5) is 0 Å². The molecule has 2 nitrogen and oxygen atoms in total. The first-order valence-electron chi connectivity index (χ1n) is 3.74. The minimum Gasteiger partial charge on any atom is -0.345 e. The van der Waals surface area contributed by atoms with E-state index in [-0.39, 0.29) is 0 Å². The van der Waals surface area contributed by atoms with Crippen molar-refractivity contribution in [3.05, 3.63) is 11.8 Å². The molecular weight excluding hydrogens is 128 g/mol. The molecule has 1 aliphatic rings. The smallest absolute Gasteiger partial charge is 0.128 e. The molecule has 0 N–H and O–H groups in total. The van der Waals surface area contributed by atoms with Crippen LogP contribution in [0.15, 0.2) is 11.8 Å². The van der Waals surface area contributed by atoms with Gasteiger partial charge in [0.25, 0.3) is 0 Å². The molecule has 0 bridgehead atoms. The predicted molar refractivity (Wildman–Crippen MR) is 39.2 cm³/mol. The van der Waals surface area contributed by atoms with Crippen molar-refractivity contribution in [1.82, 2.24) is 0 Å². The van der Waals surface area contributed by atoms with Crippen LogP contribution in [0.5, 0.6) is 0 Å². The molecule has 0 aromatic rings. The molecule has 0 aromatic carbocycles. The Bertz CT molecular complexity index is 121. The summed E-state index contributed by atoms with van der Waals surface area (Å²) >= 11 is 0. The number of allylic oxidation sites excluding steroid dienone is 1. The molecule has 0 unspecified atom stereocenters. The van der Waals surface area contributed by atoms with Crippen LogP contribution >= 0.6 is 0 Å². The van der Waals surface area contributed by atoms with E-state index in [1.807, 2.05) is 13.8 Å². The Labute approximate surface area is 61.8 Å². The highest BCUT2D eigenvalue weighted by atomic mass is 17.2. The minimum absolute atomic E-state index is 0.357. The van der Waals surface area contributed by atoms with Crippen molar-refractivity contribution in [1.29, 1.82) is 0 Å². The summed E-state index contributed by atoms with van der Waals surface area (Å²) in [6.07, 6.45) is 5.57. The third-order valence-corrected chi connectivity index (χ3v) is 1.53. The summed E-state index contributed by atoms with van der Waals surface area (Å²) in [4.78, 5) is 9.85. The Morgan fingerprint density at radius 3 is 2.50 bits per heavy atom. The third kappa shape index (κ3) is 2.40. The summed E-state index contributed by atoms with van der Waals surface area (Å²) in [7, 11) is 0. The van der Waals surface area contributed by atoms with Gasteiger partial charge in [0.1, 0.15) is 12.4 Å². The highest BCUT2D eigenvalue weighted by Gasteiger charge is 2.18. The van der Waals surface area contributed by atoms with Gasteiger partial charge in [-0.3, -0.25) is 0 Å². The molecule has 58 valence electrons. The molecule has 2 heteroatoms. The van der Waals surface area contributed by atoms with Gasteiger partial charge in [0.2, 0.25) is 0 Å². The highest BCUT2D eigenvalue weighted by Crippen LogP contribution is 2.21. The molecule has 0 spiro atoms. The number of hydrogen-bond donors (Lipinski definition) is 0. The first kappa shape index (κ1) is 7.61. The van der Waals surface area contributed by atoms with Gasteiger partial charge in [0, 0.05) is 0 Å². The van der Waals surface area contributed by atoms with Crippen LogP contribution in [0, 0.1) is 0 Å². The van der Waals surface area contributed by atoms with E-state index in [1.54, 1.807) is 6.26 Å². The second kappa shape index (κ2) is 3.62. The molecule has 0 atom stereocenters. The van der Waals surface area contributed by atoms with E-state index in [4.69, 9.17) is 9.78 Å². The molecule has 10 heavy (non-hydrogen) atoms. The summed E-state index contributed by atoms with van der Waals surface area (Å²) in [6, 6.07) is 0. The van der Waals surface area contributed by atoms with Gasteiger partial charge < -0.3 is 4.89 Å². The zero-order chi connectivity index (χ0) is 7.40. The molecule has 0 aliphatic heterocycles. The largest absolute Gasteiger partial charge is 0.345 e. The maximum Gasteiger partial charge on any atom is 0.128 e. The SMILES string of the molecule is CC(C)=COOC1CCC1. The summed E-state index contributed by atoms with van der Waals surface area (Å²) in [5.41, 5.74) is 1.12. The van der Waals surface area contributed by atoms with Crippen molar-refractivity contribution in [3.8, 4) is 0 Å². The first-order valence-corrected chi connectivity index (χ1v) is 3.74. The van der Waals surface area contributed by atoms with Gasteiger partial charge in [-0.1, -0.05) is 0 Å². The van der Waals surface area contributed by atoms with Crippen molar-refractivity contribution >= 4 is 0 Å².